The van der Waals surface area contributed by atoms with Crippen molar-refractivity contribution in [3.05, 3.63) is 79.9 Å². The SMILES string of the molecule is CC(=O)c1ccc([N+](=O)[O-])cc1.CC(O[Si](C)(C)C)(c1ccc([N+](=O)[O-])cc1)C(F)F. The van der Waals surface area contributed by atoms with Crippen LogP contribution in [-0.4, -0.2) is 30.4 Å². The third-order valence-corrected chi connectivity index (χ3v) is 5.11. The number of carbonyl (C=O) groups excluding carboxylic acids is 1. The first-order chi connectivity index (χ1) is 14.2. The number of Topliss-reactive ketones (excluding diaryl/α,β-unsaturated/α-hetero) is 1. The lowest BCUT2D eigenvalue weighted by Gasteiger charge is -2.35. The van der Waals surface area contributed by atoms with Crippen molar-refractivity contribution in [3.63, 3.8) is 0 Å². The molecule has 1 unspecified atom stereocenters. The van der Waals surface area contributed by atoms with E-state index in [1.54, 1.807) is 0 Å². The van der Waals surface area contributed by atoms with Crippen LogP contribution in [0.4, 0.5) is 20.2 Å². The second kappa shape index (κ2) is 10.3. The van der Waals surface area contributed by atoms with Gasteiger partial charge in [0.2, 0.25) is 0 Å². The number of nitrogens with zero attached hydrogens (tertiary/aromatic N) is 2. The van der Waals surface area contributed by atoms with E-state index in [0.29, 0.717) is 5.56 Å². The summed E-state index contributed by atoms with van der Waals surface area (Å²) in [6, 6.07) is 10.6. The van der Waals surface area contributed by atoms with E-state index in [9.17, 15) is 33.8 Å². The lowest BCUT2D eigenvalue weighted by atomic mass is 9.96. The Bertz CT molecular complexity index is 897. The summed E-state index contributed by atoms with van der Waals surface area (Å²) in [5.41, 5.74) is -1.14. The van der Waals surface area contributed by atoms with Gasteiger partial charge < -0.3 is 4.43 Å². The summed E-state index contributed by atoms with van der Waals surface area (Å²) in [6.45, 7) is 8.19. The van der Waals surface area contributed by atoms with Crippen LogP contribution < -0.4 is 0 Å². The van der Waals surface area contributed by atoms with Gasteiger partial charge in [-0.25, -0.2) is 8.78 Å². The van der Waals surface area contributed by atoms with Crippen LogP contribution in [0.25, 0.3) is 0 Å². The van der Waals surface area contributed by atoms with Gasteiger partial charge in [0.25, 0.3) is 17.8 Å². The Balaban J connectivity index is 0.000000343. The van der Waals surface area contributed by atoms with Crippen molar-refractivity contribution < 1.29 is 27.8 Å². The number of carbonyl (C=O) groups is 1. The molecule has 0 aliphatic heterocycles. The molecule has 11 heteroatoms. The summed E-state index contributed by atoms with van der Waals surface area (Å²) in [6.07, 6.45) is -2.71. The Morgan fingerprint density at radius 1 is 0.935 bits per heavy atom. The maximum Gasteiger partial charge on any atom is 0.269 e. The number of benzene rings is 2. The van der Waals surface area contributed by atoms with E-state index in [2.05, 4.69) is 0 Å². The fraction of sp³-hybridized carbons (Fsp3) is 0.350. The van der Waals surface area contributed by atoms with Crippen LogP contribution in [0.2, 0.25) is 19.6 Å². The van der Waals surface area contributed by atoms with E-state index in [0.717, 1.165) is 0 Å². The van der Waals surface area contributed by atoms with Crippen LogP contribution in [0, 0.1) is 20.2 Å². The minimum absolute atomic E-state index is 0.000000000000000222. The summed E-state index contributed by atoms with van der Waals surface area (Å²) < 4.78 is 32.2. The molecule has 2 aromatic rings. The number of hydrogen-bond acceptors (Lipinski definition) is 6. The van der Waals surface area contributed by atoms with Crippen LogP contribution in [0.1, 0.15) is 29.8 Å². The van der Waals surface area contributed by atoms with Crippen LogP contribution in [-0.2, 0) is 10.0 Å². The first kappa shape index (κ1) is 26.0. The van der Waals surface area contributed by atoms with Crippen molar-refractivity contribution in [2.24, 2.45) is 0 Å². The fourth-order valence-corrected chi connectivity index (χ4v) is 4.08. The molecule has 0 N–H and O–H groups in total. The third-order valence-electron chi connectivity index (χ3n) is 4.07. The Labute approximate surface area is 179 Å². The average molecular weight is 455 g/mol. The minimum atomic E-state index is -2.71. The number of alkyl halides is 2. The molecule has 0 aromatic heterocycles. The van der Waals surface area contributed by atoms with Gasteiger partial charge in [0.1, 0.15) is 5.60 Å². The molecular weight excluding hydrogens is 430 g/mol. The number of ketones is 1. The van der Waals surface area contributed by atoms with Crippen molar-refractivity contribution in [1.82, 2.24) is 0 Å². The van der Waals surface area contributed by atoms with E-state index in [1.807, 2.05) is 19.6 Å². The molecule has 0 amide bonds. The molecule has 0 heterocycles. The van der Waals surface area contributed by atoms with Gasteiger partial charge in [0.05, 0.1) is 9.85 Å². The van der Waals surface area contributed by atoms with Gasteiger partial charge in [-0.15, -0.1) is 0 Å². The second-order valence-corrected chi connectivity index (χ2v) is 12.2. The molecule has 0 bridgehead atoms. The zero-order valence-corrected chi connectivity index (χ0v) is 18.8. The Kier molecular flexibility index (Phi) is 8.64. The predicted octanol–water partition coefficient (Wildman–Crippen LogP) is 5.72. The number of halogens is 2. The molecule has 0 spiro atoms. The van der Waals surface area contributed by atoms with Crippen LogP contribution in [0.5, 0.6) is 0 Å². The lowest BCUT2D eigenvalue weighted by molar-refractivity contribution is -0.385. The van der Waals surface area contributed by atoms with Gasteiger partial charge in [0, 0.05) is 29.8 Å². The highest BCUT2D eigenvalue weighted by molar-refractivity contribution is 6.69. The molecule has 2 rings (SSSR count). The van der Waals surface area contributed by atoms with Gasteiger partial charge in [-0.2, -0.15) is 0 Å². The summed E-state index contributed by atoms with van der Waals surface area (Å²) >= 11 is 0. The molecule has 31 heavy (non-hydrogen) atoms. The Hall–Kier alpha value is -3.05. The molecule has 0 saturated heterocycles. The number of non-ortho nitro benzene ring substituents is 2. The molecule has 1 atom stereocenters. The number of rotatable bonds is 7. The highest BCUT2D eigenvalue weighted by atomic mass is 28.4. The van der Waals surface area contributed by atoms with Crippen LogP contribution in [0.15, 0.2) is 48.5 Å². The van der Waals surface area contributed by atoms with Crippen molar-refractivity contribution in [1.29, 1.82) is 0 Å². The van der Waals surface area contributed by atoms with Crippen LogP contribution >= 0.6 is 0 Å². The summed E-state index contributed by atoms with van der Waals surface area (Å²) in [5.74, 6) is -0.0927. The lowest BCUT2D eigenvalue weighted by Crippen LogP contribution is -2.43. The molecule has 8 nitrogen and oxygen atoms in total. The van der Waals surface area contributed by atoms with Gasteiger partial charge >= 0.3 is 0 Å². The maximum absolute atomic E-state index is 13.3. The van der Waals surface area contributed by atoms with Crippen molar-refractivity contribution in [3.8, 4) is 0 Å². The quantitative estimate of drug-likeness (QED) is 0.229. The molecule has 2 aromatic carbocycles. The predicted molar refractivity (Wildman–Crippen MR) is 114 cm³/mol. The second-order valence-electron chi connectivity index (χ2n) is 7.79. The van der Waals surface area contributed by atoms with Crippen LogP contribution in [0.3, 0.4) is 0 Å². The zero-order chi connectivity index (χ0) is 24.0. The Morgan fingerprint density at radius 2 is 1.32 bits per heavy atom. The van der Waals surface area contributed by atoms with E-state index in [-0.39, 0.29) is 22.7 Å². The van der Waals surface area contributed by atoms with E-state index < -0.39 is 30.2 Å². The van der Waals surface area contributed by atoms with E-state index in [1.165, 1.54) is 62.4 Å². The van der Waals surface area contributed by atoms with Gasteiger partial charge in [-0.1, -0.05) is 0 Å². The highest BCUT2D eigenvalue weighted by Crippen LogP contribution is 2.35. The van der Waals surface area contributed by atoms with E-state index in [4.69, 9.17) is 4.43 Å². The summed E-state index contributed by atoms with van der Waals surface area (Å²) in [7, 11) is -2.19. The average Bonchev–Trinajstić information content (AvgIpc) is 2.67. The van der Waals surface area contributed by atoms with Gasteiger partial charge in [-0.05, 0) is 63.3 Å². The highest BCUT2D eigenvalue weighted by Gasteiger charge is 2.41. The maximum atomic E-state index is 13.3. The molecule has 0 fully saturated rings. The molecular formula is C20H24F2N2O6Si. The number of nitro groups is 2. The number of hydrogen-bond donors (Lipinski definition) is 0. The molecule has 168 valence electrons. The third kappa shape index (κ3) is 7.61. The fourth-order valence-electron chi connectivity index (χ4n) is 2.60. The van der Waals surface area contributed by atoms with Crippen molar-refractivity contribution in [2.75, 3.05) is 0 Å². The molecule has 0 aliphatic rings. The molecule has 0 radical (unpaired) electrons. The van der Waals surface area contributed by atoms with Gasteiger partial charge in [0.15, 0.2) is 14.1 Å². The summed E-state index contributed by atoms with van der Waals surface area (Å²) in [4.78, 5) is 30.5. The Morgan fingerprint density at radius 3 is 1.61 bits per heavy atom. The zero-order valence-electron chi connectivity index (χ0n) is 17.8. The first-order valence-corrected chi connectivity index (χ1v) is 12.6. The van der Waals surface area contributed by atoms with E-state index >= 15 is 0 Å². The molecule has 0 saturated carbocycles. The minimum Gasteiger partial charge on any atom is -0.403 e. The van der Waals surface area contributed by atoms with Crippen molar-refractivity contribution >= 4 is 25.5 Å². The largest absolute Gasteiger partial charge is 0.403 e. The summed E-state index contributed by atoms with van der Waals surface area (Å²) in [5, 5.41) is 20.8. The van der Waals surface area contributed by atoms with Gasteiger partial charge in [-0.3, -0.25) is 25.0 Å². The smallest absolute Gasteiger partial charge is 0.269 e. The topological polar surface area (TPSA) is 113 Å². The first-order valence-electron chi connectivity index (χ1n) is 9.16. The monoisotopic (exact) mass is 454 g/mol. The number of nitro benzene ring substituents is 2. The standard InChI is InChI=1S/C12H17F2NO3Si.C8H7NO3/c1-12(11(13)14,18-19(2,3)4)9-5-7-10(8-6-9)15(16)17;1-6(10)7-2-4-8(5-3-7)9(11)12/h5-8,11H,1-4H3;2-5H,1H3. The van der Waals surface area contributed by atoms with Crippen molar-refractivity contribution in [2.45, 2.75) is 45.5 Å². The molecule has 0 aliphatic carbocycles. The normalized spacial score (nSPS) is 13.0.